The van der Waals surface area contributed by atoms with E-state index in [0.717, 1.165) is 5.92 Å². The minimum Gasteiger partial charge on any atom is -0.386 e. The van der Waals surface area contributed by atoms with E-state index in [2.05, 4.69) is 33.0 Å². The second kappa shape index (κ2) is 2.05. The maximum atomic E-state index is 3.40. The van der Waals surface area contributed by atoms with Crippen molar-refractivity contribution in [2.75, 3.05) is 0 Å². The molecule has 0 fully saturated rings. The molecule has 1 aliphatic heterocycles. The third-order valence-electron chi connectivity index (χ3n) is 2.47. The highest BCUT2D eigenvalue weighted by atomic mass is 14.9. The van der Waals surface area contributed by atoms with Crippen LogP contribution in [0.4, 0.5) is 0 Å². The predicted molar refractivity (Wildman–Crippen MR) is 40.1 cm³/mol. The Labute approximate surface area is 57.1 Å². The molecule has 1 aliphatic rings. The average Bonchev–Trinajstić information content (AvgIpc) is 1.98. The first-order chi connectivity index (χ1) is 4.13. The molecular weight excluding hydrogens is 110 g/mol. The van der Waals surface area contributed by atoms with Gasteiger partial charge in [0.25, 0.3) is 0 Å². The van der Waals surface area contributed by atoms with Gasteiger partial charge in [-0.15, -0.1) is 0 Å². The summed E-state index contributed by atoms with van der Waals surface area (Å²) in [4.78, 5) is 0. The summed E-state index contributed by atoms with van der Waals surface area (Å²) in [6.07, 6.45) is 0. The maximum absolute atomic E-state index is 3.40. The smallest absolute Gasteiger partial charge is 0.0293 e. The van der Waals surface area contributed by atoms with Crippen molar-refractivity contribution in [2.45, 2.75) is 33.7 Å². The van der Waals surface area contributed by atoms with E-state index in [4.69, 9.17) is 0 Å². The molecule has 0 aromatic rings. The number of rotatable bonds is 0. The Morgan fingerprint density at radius 1 is 1.22 bits per heavy atom. The Morgan fingerprint density at radius 2 is 1.78 bits per heavy atom. The van der Waals surface area contributed by atoms with E-state index >= 15 is 0 Å². The minimum absolute atomic E-state index is 0.644. The topological polar surface area (TPSA) is 12.0 Å². The van der Waals surface area contributed by atoms with Crippen LogP contribution in [0.2, 0.25) is 0 Å². The van der Waals surface area contributed by atoms with E-state index < -0.39 is 0 Å². The molecule has 1 heterocycles. The standard InChI is InChI=1S/C8H15N/c1-5-6(2)8(4)9-7(5)3/h5,7,9H,1-4H3. The van der Waals surface area contributed by atoms with Gasteiger partial charge in [-0.1, -0.05) is 6.92 Å². The lowest BCUT2D eigenvalue weighted by Gasteiger charge is -2.10. The fraction of sp³-hybridized carbons (Fsp3) is 0.750. The zero-order valence-corrected chi connectivity index (χ0v) is 6.65. The van der Waals surface area contributed by atoms with Gasteiger partial charge in [-0.25, -0.2) is 0 Å². The number of hydrogen-bond acceptors (Lipinski definition) is 1. The summed E-state index contributed by atoms with van der Waals surface area (Å²) in [6, 6.07) is 0.644. The van der Waals surface area contributed by atoms with Crippen molar-refractivity contribution in [3.8, 4) is 0 Å². The maximum Gasteiger partial charge on any atom is 0.0293 e. The fourth-order valence-electron chi connectivity index (χ4n) is 1.30. The van der Waals surface area contributed by atoms with Crippen molar-refractivity contribution in [1.29, 1.82) is 0 Å². The van der Waals surface area contributed by atoms with Gasteiger partial charge in [-0.3, -0.25) is 0 Å². The molecule has 52 valence electrons. The van der Waals surface area contributed by atoms with E-state index in [9.17, 15) is 0 Å². The molecule has 0 amide bonds. The van der Waals surface area contributed by atoms with Crippen LogP contribution in [0.3, 0.4) is 0 Å². The van der Waals surface area contributed by atoms with E-state index in [1.165, 1.54) is 11.3 Å². The lowest BCUT2D eigenvalue weighted by molar-refractivity contribution is 0.535. The third-order valence-corrected chi connectivity index (χ3v) is 2.47. The molecular formula is C8H15N. The molecule has 1 rings (SSSR count). The molecule has 0 aromatic heterocycles. The van der Waals surface area contributed by atoms with Gasteiger partial charge in [-0.2, -0.15) is 0 Å². The summed E-state index contributed by atoms with van der Waals surface area (Å²) in [6.45, 7) is 8.85. The summed E-state index contributed by atoms with van der Waals surface area (Å²) in [5.41, 5.74) is 2.89. The normalized spacial score (nSPS) is 35.1. The minimum atomic E-state index is 0.644. The predicted octanol–water partition coefficient (Wildman–Crippen LogP) is 1.91. The summed E-state index contributed by atoms with van der Waals surface area (Å²) in [5.74, 6) is 0.727. The molecule has 0 saturated carbocycles. The Balaban J connectivity index is 2.74. The van der Waals surface area contributed by atoms with Crippen LogP contribution in [-0.4, -0.2) is 6.04 Å². The Kier molecular flexibility index (Phi) is 1.52. The van der Waals surface area contributed by atoms with Crippen LogP contribution in [0.25, 0.3) is 0 Å². The quantitative estimate of drug-likeness (QED) is 0.521. The molecule has 0 bridgehead atoms. The molecule has 0 saturated heterocycles. The summed E-state index contributed by atoms with van der Waals surface area (Å²) in [7, 11) is 0. The van der Waals surface area contributed by atoms with Gasteiger partial charge >= 0.3 is 0 Å². The van der Waals surface area contributed by atoms with E-state index in [1.807, 2.05) is 0 Å². The Morgan fingerprint density at radius 3 is 1.89 bits per heavy atom. The fourth-order valence-corrected chi connectivity index (χ4v) is 1.30. The van der Waals surface area contributed by atoms with E-state index in [0.29, 0.717) is 6.04 Å². The van der Waals surface area contributed by atoms with Gasteiger partial charge in [0.15, 0.2) is 0 Å². The molecule has 0 aliphatic carbocycles. The van der Waals surface area contributed by atoms with Crippen LogP contribution < -0.4 is 5.32 Å². The zero-order valence-electron chi connectivity index (χ0n) is 6.65. The monoisotopic (exact) mass is 125 g/mol. The summed E-state index contributed by atoms with van der Waals surface area (Å²) in [5, 5.41) is 3.40. The summed E-state index contributed by atoms with van der Waals surface area (Å²) < 4.78 is 0. The first-order valence-corrected chi connectivity index (χ1v) is 3.57. The number of allylic oxidation sites excluding steroid dienone is 1. The van der Waals surface area contributed by atoms with E-state index in [-0.39, 0.29) is 0 Å². The third kappa shape index (κ3) is 0.958. The van der Waals surface area contributed by atoms with Crippen LogP contribution in [0.5, 0.6) is 0 Å². The van der Waals surface area contributed by atoms with Gasteiger partial charge in [0.05, 0.1) is 0 Å². The zero-order chi connectivity index (χ0) is 7.02. The molecule has 9 heavy (non-hydrogen) atoms. The van der Waals surface area contributed by atoms with Crippen molar-refractivity contribution in [2.24, 2.45) is 5.92 Å². The Hall–Kier alpha value is -0.460. The lowest BCUT2D eigenvalue weighted by Crippen LogP contribution is -2.22. The Bertz CT molecular complexity index is 147. The molecule has 0 aromatic carbocycles. The highest BCUT2D eigenvalue weighted by molar-refractivity contribution is 5.19. The van der Waals surface area contributed by atoms with Crippen molar-refractivity contribution in [1.82, 2.24) is 5.32 Å². The van der Waals surface area contributed by atoms with Gasteiger partial charge < -0.3 is 5.32 Å². The first kappa shape index (κ1) is 6.66. The second-order valence-corrected chi connectivity index (χ2v) is 3.03. The van der Waals surface area contributed by atoms with Crippen molar-refractivity contribution >= 4 is 0 Å². The number of nitrogens with one attached hydrogen (secondary N) is 1. The van der Waals surface area contributed by atoms with Gasteiger partial charge in [0.2, 0.25) is 0 Å². The molecule has 2 atom stereocenters. The van der Waals surface area contributed by atoms with Crippen LogP contribution in [0, 0.1) is 5.92 Å². The molecule has 1 heteroatoms. The highest BCUT2D eigenvalue weighted by Crippen LogP contribution is 2.23. The van der Waals surface area contributed by atoms with Gasteiger partial charge in [0.1, 0.15) is 0 Å². The second-order valence-electron chi connectivity index (χ2n) is 3.03. The lowest BCUT2D eigenvalue weighted by atomic mass is 9.99. The number of hydrogen-bond donors (Lipinski definition) is 1. The summed E-state index contributed by atoms with van der Waals surface area (Å²) >= 11 is 0. The van der Waals surface area contributed by atoms with Crippen LogP contribution in [-0.2, 0) is 0 Å². The van der Waals surface area contributed by atoms with E-state index in [1.54, 1.807) is 0 Å². The molecule has 1 N–H and O–H groups in total. The van der Waals surface area contributed by atoms with Gasteiger partial charge in [0, 0.05) is 11.7 Å². The van der Waals surface area contributed by atoms with Crippen LogP contribution >= 0.6 is 0 Å². The molecule has 1 nitrogen and oxygen atoms in total. The average molecular weight is 125 g/mol. The van der Waals surface area contributed by atoms with Gasteiger partial charge in [-0.05, 0) is 32.3 Å². The largest absolute Gasteiger partial charge is 0.386 e. The van der Waals surface area contributed by atoms with Crippen molar-refractivity contribution < 1.29 is 0 Å². The SMILES string of the molecule is CC1=C(C)C(C)C(C)N1. The first-order valence-electron chi connectivity index (χ1n) is 3.57. The highest BCUT2D eigenvalue weighted by Gasteiger charge is 2.21. The molecule has 2 unspecified atom stereocenters. The van der Waals surface area contributed by atoms with Crippen molar-refractivity contribution in [3.63, 3.8) is 0 Å². The van der Waals surface area contributed by atoms with Crippen LogP contribution in [0.1, 0.15) is 27.7 Å². The van der Waals surface area contributed by atoms with Crippen molar-refractivity contribution in [3.05, 3.63) is 11.3 Å². The van der Waals surface area contributed by atoms with Crippen LogP contribution in [0.15, 0.2) is 11.3 Å². The molecule has 0 radical (unpaired) electrons. The molecule has 0 spiro atoms.